The van der Waals surface area contributed by atoms with Gasteiger partial charge >= 0.3 is 5.97 Å². The minimum atomic E-state index is -0.720. The summed E-state index contributed by atoms with van der Waals surface area (Å²) in [5.74, 6) is -0.734. The SMILES string of the molecule is CN(Cc1ccccc1)C(=O)CCC(=O)c1cccc2c1CN(CC(=O)OOc1ccccc1Cl)C(N)=N2. The monoisotopic (exact) mass is 534 g/mol. The van der Waals surface area contributed by atoms with Crippen LogP contribution in [0.15, 0.2) is 77.8 Å². The Morgan fingerprint density at radius 2 is 1.74 bits per heavy atom. The Morgan fingerprint density at radius 1 is 1.00 bits per heavy atom. The zero-order valence-corrected chi connectivity index (χ0v) is 21.6. The van der Waals surface area contributed by atoms with Crippen LogP contribution in [0.25, 0.3) is 0 Å². The van der Waals surface area contributed by atoms with Gasteiger partial charge in [0.05, 0.1) is 10.7 Å². The van der Waals surface area contributed by atoms with Crippen LogP contribution in [0.5, 0.6) is 5.75 Å². The molecule has 1 aliphatic heterocycles. The highest BCUT2D eigenvalue weighted by Crippen LogP contribution is 2.30. The Balaban J connectivity index is 1.36. The van der Waals surface area contributed by atoms with Crippen LogP contribution >= 0.6 is 11.6 Å². The Labute approximate surface area is 225 Å². The summed E-state index contributed by atoms with van der Waals surface area (Å²) in [5, 5.41) is 0.293. The van der Waals surface area contributed by atoms with Crippen LogP contribution in [0.1, 0.15) is 34.3 Å². The number of benzene rings is 3. The number of carbonyl (C=O) groups excluding carboxylic acids is 3. The average Bonchev–Trinajstić information content (AvgIpc) is 2.91. The molecule has 38 heavy (non-hydrogen) atoms. The molecule has 0 aromatic heterocycles. The van der Waals surface area contributed by atoms with Gasteiger partial charge in [-0.2, -0.15) is 0 Å². The first-order chi connectivity index (χ1) is 18.3. The summed E-state index contributed by atoms with van der Waals surface area (Å²) >= 11 is 6.00. The molecular weight excluding hydrogens is 508 g/mol. The number of aliphatic imine (C=N–C) groups is 1. The van der Waals surface area contributed by atoms with Crippen molar-refractivity contribution in [3.05, 3.63) is 94.5 Å². The van der Waals surface area contributed by atoms with Crippen molar-refractivity contribution in [1.29, 1.82) is 0 Å². The highest BCUT2D eigenvalue weighted by Gasteiger charge is 2.26. The largest absolute Gasteiger partial charge is 0.374 e. The molecule has 1 amide bonds. The number of nitrogens with two attached hydrogens (primary N) is 1. The molecule has 196 valence electrons. The van der Waals surface area contributed by atoms with Crippen molar-refractivity contribution < 1.29 is 24.2 Å². The number of nitrogens with zero attached hydrogens (tertiary/aromatic N) is 3. The molecule has 3 aromatic carbocycles. The second-order valence-corrected chi connectivity index (χ2v) is 9.16. The van der Waals surface area contributed by atoms with E-state index in [4.69, 9.17) is 27.1 Å². The van der Waals surface area contributed by atoms with Gasteiger partial charge in [0.15, 0.2) is 17.5 Å². The molecule has 4 rings (SSSR count). The topological polar surface area (TPSA) is 115 Å². The molecule has 0 bridgehead atoms. The molecular formula is C28H27ClN4O5. The molecule has 0 saturated carbocycles. The maximum atomic E-state index is 13.1. The summed E-state index contributed by atoms with van der Waals surface area (Å²) in [7, 11) is 1.72. The predicted molar refractivity (Wildman–Crippen MR) is 143 cm³/mol. The number of hydrogen-bond donors (Lipinski definition) is 1. The molecule has 0 fully saturated rings. The standard InChI is InChI=1S/C28H27ClN4O5/c1-32(16-19-8-3-2-4-9-19)26(35)15-14-24(34)20-10-7-12-23-21(20)17-33(28(30)31-23)18-27(36)38-37-25-13-6-5-11-22(25)29/h2-13H,14-18H2,1H3,(H2,30,31). The van der Waals surface area contributed by atoms with Gasteiger partial charge in [-0.05, 0) is 23.8 Å². The summed E-state index contributed by atoms with van der Waals surface area (Å²) in [5.41, 5.74) is 8.67. The fraction of sp³-hybridized carbons (Fsp3) is 0.214. The molecule has 0 radical (unpaired) electrons. The number of halogens is 1. The summed E-state index contributed by atoms with van der Waals surface area (Å²) in [6, 6.07) is 21.4. The molecule has 1 heterocycles. The lowest BCUT2D eigenvalue weighted by Gasteiger charge is -2.28. The van der Waals surface area contributed by atoms with Crippen molar-refractivity contribution in [3.8, 4) is 5.75 Å². The van der Waals surface area contributed by atoms with Crippen LogP contribution < -0.4 is 10.6 Å². The third-order valence-electron chi connectivity index (χ3n) is 5.99. The van der Waals surface area contributed by atoms with Crippen molar-refractivity contribution in [2.24, 2.45) is 10.7 Å². The second-order valence-electron chi connectivity index (χ2n) is 8.76. The number of carbonyl (C=O) groups is 3. The average molecular weight is 535 g/mol. The lowest BCUT2D eigenvalue weighted by Crippen LogP contribution is -2.42. The van der Waals surface area contributed by atoms with E-state index in [9.17, 15) is 14.4 Å². The van der Waals surface area contributed by atoms with Gasteiger partial charge in [-0.1, -0.05) is 66.2 Å². The number of ketones is 1. The van der Waals surface area contributed by atoms with Crippen LogP contribution in [-0.4, -0.2) is 47.0 Å². The van der Waals surface area contributed by atoms with Crippen molar-refractivity contribution in [2.45, 2.75) is 25.9 Å². The third kappa shape index (κ3) is 6.68. The molecule has 9 nitrogen and oxygen atoms in total. The van der Waals surface area contributed by atoms with E-state index in [0.717, 1.165) is 5.56 Å². The number of rotatable bonds is 10. The number of guanidine groups is 1. The first-order valence-electron chi connectivity index (χ1n) is 12.0. The zero-order chi connectivity index (χ0) is 27.1. The van der Waals surface area contributed by atoms with Crippen molar-refractivity contribution in [1.82, 2.24) is 9.80 Å². The van der Waals surface area contributed by atoms with E-state index >= 15 is 0 Å². The highest BCUT2D eigenvalue weighted by atomic mass is 35.5. The Hall–Kier alpha value is -4.37. The van der Waals surface area contributed by atoms with Gasteiger partial charge in [0.2, 0.25) is 5.91 Å². The molecule has 0 aliphatic carbocycles. The van der Waals surface area contributed by atoms with Crippen molar-refractivity contribution in [3.63, 3.8) is 0 Å². The predicted octanol–water partition coefficient (Wildman–Crippen LogP) is 4.26. The Morgan fingerprint density at radius 3 is 2.50 bits per heavy atom. The van der Waals surface area contributed by atoms with Crippen LogP contribution in [0.4, 0.5) is 5.69 Å². The van der Waals surface area contributed by atoms with E-state index in [2.05, 4.69) is 4.99 Å². The number of para-hydroxylation sites is 1. The number of amides is 1. The molecule has 3 aromatic rings. The summed E-state index contributed by atoms with van der Waals surface area (Å²) in [6.07, 6.45) is 0.119. The fourth-order valence-corrected chi connectivity index (χ4v) is 4.15. The maximum Gasteiger partial charge on any atom is 0.374 e. The lowest BCUT2D eigenvalue weighted by molar-refractivity contribution is -0.214. The van der Waals surface area contributed by atoms with Crippen LogP contribution in [0.2, 0.25) is 5.02 Å². The van der Waals surface area contributed by atoms with Crippen molar-refractivity contribution in [2.75, 3.05) is 13.6 Å². The minimum Gasteiger partial charge on any atom is -0.369 e. The van der Waals surface area contributed by atoms with E-state index in [1.807, 2.05) is 30.3 Å². The van der Waals surface area contributed by atoms with E-state index < -0.39 is 5.97 Å². The van der Waals surface area contributed by atoms with Crippen LogP contribution in [0.3, 0.4) is 0 Å². The lowest BCUT2D eigenvalue weighted by atomic mass is 9.97. The third-order valence-corrected chi connectivity index (χ3v) is 6.31. The molecule has 0 saturated heterocycles. The molecule has 2 N–H and O–H groups in total. The quantitative estimate of drug-likeness (QED) is 0.235. The highest BCUT2D eigenvalue weighted by molar-refractivity contribution is 6.32. The normalized spacial score (nSPS) is 12.3. The van der Waals surface area contributed by atoms with Gasteiger partial charge in [-0.15, -0.1) is 0 Å². The van der Waals surface area contributed by atoms with Gasteiger partial charge in [-0.25, -0.2) is 14.7 Å². The van der Waals surface area contributed by atoms with E-state index in [1.54, 1.807) is 54.4 Å². The molecule has 1 aliphatic rings. The van der Waals surface area contributed by atoms with E-state index in [0.29, 0.717) is 28.4 Å². The van der Waals surface area contributed by atoms with Gasteiger partial charge in [0.1, 0.15) is 6.54 Å². The minimum absolute atomic E-state index is 0.0430. The summed E-state index contributed by atoms with van der Waals surface area (Å²) in [6.45, 7) is 0.369. The van der Waals surface area contributed by atoms with Crippen molar-refractivity contribution >= 4 is 40.9 Å². The zero-order valence-electron chi connectivity index (χ0n) is 20.8. The summed E-state index contributed by atoms with van der Waals surface area (Å²) < 4.78 is 0. The maximum absolute atomic E-state index is 13.1. The molecule has 0 unspecified atom stereocenters. The number of fused-ring (bicyclic) bond motifs is 1. The summed E-state index contributed by atoms with van der Waals surface area (Å²) in [4.78, 5) is 55.5. The van der Waals surface area contributed by atoms with E-state index in [-0.39, 0.29) is 49.3 Å². The first kappa shape index (κ1) is 26.7. The van der Waals surface area contributed by atoms with E-state index in [1.165, 1.54) is 4.90 Å². The molecule has 0 atom stereocenters. The van der Waals surface area contributed by atoms with Crippen LogP contribution in [-0.2, 0) is 27.6 Å². The second kappa shape index (κ2) is 12.2. The van der Waals surface area contributed by atoms with Gasteiger partial charge in [0.25, 0.3) is 0 Å². The Bertz CT molecular complexity index is 1360. The smallest absolute Gasteiger partial charge is 0.369 e. The van der Waals surface area contributed by atoms with Gasteiger partial charge in [0, 0.05) is 44.1 Å². The number of hydrogen-bond acceptors (Lipinski definition) is 8. The molecule has 10 heteroatoms. The first-order valence-corrected chi connectivity index (χ1v) is 12.3. The number of Topliss-reactive ketones (excluding diaryl/α,β-unsaturated/α-hetero) is 1. The van der Waals surface area contributed by atoms with Gasteiger partial charge in [-0.3, -0.25) is 14.5 Å². The van der Waals surface area contributed by atoms with Gasteiger partial charge < -0.3 is 15.5 Å². The van der Waals surface area contributed by atoms with Crippen LogP contribution in [0, 0.1) is 0 Å². The molecule has 0 spiro atoms. The Kier molecular flexibility index (Phi) is 8.60. The fourth-order valence-electron chi connectivity index (χ4n) is 3.99.